The maximum atomic E-state index is 13.4. The number of carbonyl (C=O) groups is 3. The number of likely N-dealkylation sites (tertiary alicyclic amines) is 1. The highest BCUT2D eigenvalue weighted by molar-refractivity contribution is 5.98. The van der Waals surface area contributed by atoms with E-state index in [9.17, 15) is 14.4 Å². The van der Waals surface area contributed by atoms with Gasteiger partial charge in [0.25, 0.3) is 11.8 Å². The van der Waals surface area contributed by atoms with Crippen molar-refractivity contribution in [2.24, 2.45) is 5.92 Å². The van der Waals surface area contributed by atoms with Crippen molar-refractivity contribution >= 4 is 17.7 Å². The van der Waals surface area contributed by atoms with Gasteiger partial charge in [-0.1, -0.05) is 17.7 Å². The molecule has 1 N–H and O–H groups in total. The summed E-state index contributed by atoms with van der Waals surface area (Å²) in [6.07, 6.45) is 1.29. The third-order valence-corrected chi connectivity index (χ3v) is 6.54. The Labute approximate surface area is 202 Å². The first kappa shape index (κ1) is 25.3. The highest BCUT2D eigenvalue weighted by atomic mass is 16.5. The maximum Gasteiger partial charge on any atom is 0.253 e. The summed E-state index contributed by atoms with van der Waals surface area (Å²) >= 11 is 0. The van der Waals surface area contributed by atoms with E-state index in [-0.39, 0.29) is 23.6 Å². The first-order valence-electron chi connectivity index (χ1n) is 12.0. The Morgan fingerprint density at radius 3 is 2.24 bits per heavy atom. The number of rotatable bonds is 8. The Balaban J connectivity index is 1.72. The van der Waals surface area contributed by atoms with Gasteiger partial charge < -0.3 is 19.9 Å². The monoisotopic (exact) mass is 465 g/mol. The van der Waals surface area contributed by atoms with E-state index in [0.717, 1.165) is 5.56 Å². The van der Waals surface area contributed by atoms with Crippen LogP contribution in [0.3, 0.4) is 0 Å². The lowest BCUT2D eigenvalue weighted by atomic mass is 9.87. The van der Waals surface area contributed by atoms with Crippen LogP contribution >= 0.6 is 0 Å². The standard InChI is InChI=1S/C27H35N3O4/c1-5-29(6-2)27(33)24(28-25(31)22-9-7-8-19(3)18-22)20-14-16-30(17-15-20)26(32)21-10-12-23(34-4)13-11-21/h7-13,18,20,24H,5-6,14-17H2,1-4H3,(H,28,31)/t24-/m1/s1. The molecule has 3 rings (SSSR count). The molecule has 0 aliphatic carbocycles. The van der Waals surface area contributed by atoms with E-state index >= 15 is 0 Å². The number of piperidine rings is 1. The van der Waals surface area contributed by atoms with Crippen molar-refractivity contribution < 1.29 is 19.1 Å². The average molecular weight is 466 g/mol. The van der Waals surface area contributed by atoms with Crippen LogP contribution in [0.1, 0.15) is 53.0 Å². The molecule has 1 saturated heterocycles. The van der Waals surface area contributed by atoms with Crippen molar-refractivity contribution in [3.05, 3.63) is 65.2 Å². The maximum absolute atomic E-state index is 13.4. The van der Waals surface area contributed by atoms with E-state index < -0.39 is 6.04 Å². The molecule has 0 aromatic heterocycles. The number of nitrogens with one attached hydrogen (secondary N) is 1. The Morgan fingerprint density at radius 1 is 1.03 bits per heavy atom. The van der Waals surface area contributed by atoms with Crippen molar-refractivity contribution in [2.45, 2.75) is 39.7 Å². The van der Waals surface area contributed by atoms with Gasteiger partial charge >= 0.3 is 0 Å². The molecule has 1 aliphatic rings. The van der Waals surface area contributed by atoms with Gasteiger partial charge in [-0.2, -0.15) is 0 Å². The molecule has 0 unspecified atom stereocenters. The lowest BCUT2D eigenvalue weighted by Gasteiger charge is -2.37. The molecule has 3 amide bonds. The summed E-state index contributed by atoms with van der Waals surface area (Å²) in [7, 11) is 1.59. The van der Waals surface area contributed by atoms with Crippen molar-refractivity contribution in [2.75, 3.05) is 33.3 Å². The zero-order valence-electron chi connectivity index (χ0n) is 20.5. The lowest BCUT2D eigenvalue weighted by Crippen LogP contribution is -2.54. The second-order valence-corrected chi connectivity index (χ2v) is 8.69. The zero-order chi connectivity index (χ0) is 24.7. The van der Waals surface area contributed by atoms with Crippen LogP contribution in [0, 0.1) is 12.8 Å². The molecule has 7 nitrogen and oxygen atoms in total. The van der Waals surface area contributed by atoms with Crippen molar-refractivity contribution in [1.82, 2.24) is 15.1 Å². The smallest absolute Gasteiger partial charge is 0.253 e. The van der Waals surface area contributed by atoms with Gasteiger partial charge in [-0.15, -0.1) is 0 Å². The van der Waals surface area contributed by atoms with Gasteiger partial charge in [0, 0.05) is 37.3 Å². The zero-order valence-corrected chi connectivity index (χ0v) is 20.5. The highest BCUT2D eigenvalue weighted by Gasteiger charge is 2.35. The minimum Gasteiger partial charge on any atom is -0.497 e. The fraction of sp³-hybridized carbons (Fsp3) is 0.444. The Hall–Kier alpha value is -3.35. The largest absolute Gasteiger partial charge is 0.497 e. The van der Waals surface area contributed by atoms with E-state index in [1.54, 1.807) is 42.3 Å². The number of benzene rings is 2. The summed E-state index contributed by atoms with van der Waals surface area (Å²) in [6.45, 7) is 8.07. The Morgan fingerprint density at radius 2 is 1.68 bits per heavy atom. The van der Waals surface area contributed by atoms with Gasteiger partial charge in [0.2, 0.25) is 5.91 Å². The Kier molecular flexibility index (Phi) is 8.68. The molecule has 2 aromatic rings. The predicted octanol–water partition coefficient (Wildman–Crippen LogP) is 3.52. The number of amides is 3. The molecule has 0 saturated carbocycles. The average Bonchev–Trinajstić information content (AvgIpc) is 2.87. The van der Waals surface area contributed by atoms with E-state index in [0.29, 0.717) is 55.9 Å². The molecule has 1 aliphatic heterocycles. The molecule has 7 heteroatoms. The van der Waals surface area contributed by atoms with Crippen LogP contribution < -0.4 is 10.1 Å². The van der Waals surface area contributed by atoms with Crippen LogP contribution in [0.15, 0.2) is 48.5 Å². The van der Waals surface area contributed by atoms with E-state index in [1.165, 1.54) is 0 Å². The first-order valence-corrected chi connectivity index (χ1v) is 12.0. The van der Waals surface area contributed by atoms with Gasteiger partial charge in [-0.3, -0.25) is 14.4 Å². The summed E-state index contributed by atoms with van der Waals surface area (Å²) in [5.74, 6) is 0.326. The SMILES string of the molecule is CCN(CC)C(=O)[C@H](NC(=O)c1cccc(C)c1)C1CCN(C(=O)c2ccc(OC)cc2)CC1. The molecular weight excluding hydrogens is 430 g/mol. The topological polar surface area (TPSA) is 79.0 Å². The summed E-state index contributed by atoms with van der Waals surface area (Å²) in [5.41, 5.74) is 2.15. The van der Waals surface area contributed by atoms with E-state index in [2.05, 4.69) is 5.32 Å². The third kappa shape index (κ3) is 5.95. The van der Waals surface area contributed by atoms with Gasteiger partial charge in [0.15, 0.2) is 0 Å². The van der Waals surface area contributed by atoms with Crippen LogP contribution in [-0.2, 0) is 4.79 Å². The summed E-state index contributed by atoms with van der Waals surface area (Å²) < 4.78 is 5.17. The van der Waals surface area contributed by atoms with Crippen molar-refractivity contribution in [1.29, 1.82) is 0 Å². The summed E-state index contributed by atoms with van der Waals surface area (Å²) in [5, 5.41) is 3.02. The van der Waals surface area contributed by atoms with Gasteiger partial charge in [0.05, 0.1) is 7.11 Å². The van der Waals surface area contributed by atoms with Gasteiger partial charge in [-0.05, 0) is 75.9 Å². The number of ether oxygens (including phenoxy) is 1. The molecule has 1 heterocycles. The molecule has 1 atom stereocenters. The second kappa shape index (κ2) is 11.7. The lowest BCUT2D eigenvalue weighted by molar-refractivity contribution is -0.134. The first-order chi connectivity index (χ1) is 16.4. The molecule has 0 radical (unpaired) electrons. The van der Waals surface area contributed by atoms with Crippen LogP contribution in [0.4, 0.5) is 0 Å². The van der Waals surface area contributed by atoms with E-state index in [4.69, 9.17) is 4.74 Å². The van der Waals surface area contributed by atoms with E-state index in [1.807, 2.05) is 43.9 Å². The number of nitrogens with zero attached hydrogens (tertiary/aromatic N) is 2. The normalized spacial score (nSPS) is 14.9. The molecular formula is C27H35N3O4. The number of methoxy groups -OCH3 is 1. The number of aryl methyl sites for hydroxylation is 1. The van der Waals surface area contributed by atoms with Crippen molar-refractivity contribution in [3.8, 4) is 5.75 Å². The van der Waals surface area contributed by atoms with Crippen molar-refractivity contribution in [3.63, 3.8) is 0 Å². The number of hydrogen-bond donors (Lipinski definition) is 1. The van der Waals surface area contributed by atoms with Crippen LogP contribution in [0.5, 0.6) is 5.75 Å². The fourth-order valence-corrected chi connectivity index (χ4v) is 4.48. The molecule has 0 bridgehead atoms. The van der Waals surface area contributed by atoms with Gasteiger partial charge in [-0.25, -0.2) is 0 Å². The predicted molar refractivity (Wildman–Crippen MR) is 132 cm³/mol. The molecule has 34 heavy (non-hydrogen) atoms. The van der Waals surface area contributed by atoms with Crippen LogP contribution in [-0.4, -0.2) is 66.9 Å². The van der Waals surface area contributed by atoms with Crippen LogP contribution in [0.2, 0.25) is 0 Å². The summed E-state index contributed by atoms with van der Waals surface area (Å²) in [6, 6.07) is 13.8. The third-order valence-electron chi connectivity index (χ3n) is 6.54. The summed E-state index contributed by atoms with van der Waals surface area (Å²) in [4.78, 5) is 42.9. The number of hydrogen-bond acceptors (Lipinski definition) is 4. The molecule has 2 aromatic carbocycles. The molecule has 0 spiro atoms. The molecule has 182 valence electrons. The Bertz CT molecular complexity index is 993. The molecule has 1 fully saturated rings. The number of likely N-dealkylation sites (N-methyl/N-ethyl adjacent to an activating group) is 1. The highest BCUT2D eigenvalue weighted by Crippen LogP contribution is 2.24. The second-order valence-electron chi connectivity index (χ2n) is 8.69. The minimum absolute atomic E-state index is 0.0310. The number of carbonyl (C=O) groups excluding carboxylic acids is 3. The minimum atomic E-state index is -0.619. The quantitative estimate of drug-likeness (QED) is 0.647. The fourth-order valence-electron chi connectivity index (χ4n) is 4.48. The van der Waals surface area contributed by atoms with Crippen LogP contribution in [0.25, 0.3) is 0 Å². The van der Waals surface area contributed by atoms with Gasteiger partial charge in [0.1, 0.15) is 11.8 Å².